The molecule has 0 aliphatic carbocycles. The second kappa shape index (κ2) is 16.5. The van der Waals surface area contributed by atoms with E-state index in [4.69, 9.17) is 19.3 Å². The molecule has 0 heterocycles. The molecular formula is C11H22O5. The molecule has 1 N–H and O–H groups in total. The highest BCUT2D eigenvalue weighted by atomic mass is 16.5. The van der Waals surface area contributed by atoms with Gasteiger partial charge in [-0.2, -0.15) is 0 Å². The van der Waals surface area contributed by atoms with Crippen LogP contribution in [0.4, 0.5) is 0 Å². The fourth-order valence-corrected chi connectivity index (χ4v) is 0.626. The van der Waals surface area contributed by atoms with E-state index >= 15 is 0 Å². The molecule has 0 spiro atoms. The Kier molecular flexibility index (Phi) is 18.0. The predicted octanol–water partition coefficient (Wildman–Crippen LogP) is 1.33. The quantitative estimate of drug-likeness (QED) is 0.481. The number of carboxylic acid groups (broad SMARTS) is 1. The Morgan fingerprint density at radius 2 is 1.38 bits per heavy atom. The lowest BCUT2D eigenvalue weighted by atomic mass is 10.7. The van der Waals surface area contributed by atoms with Crippen LogP contribution in [0.25, 0.3) is 0 Å². The van der Waals surface area contributed by atoms with Crippen molar-refractivity contribution in [3.05, 3.63) is 12.7 Å². The zero-order valence-electron chi connectivity index (χ0n) is 10.1. The summed E-state index contributed by atoms with van der Waals surface area (Å²) in [6, 6.07) is 0. The zero-order valence-corrected chi connectivity index (χ0v) is 10.1. The Balaban J connectivity index is 0. The second-order valence-corrected chi connectivity index (χ2v) is 2.55. The van der Waals surface area contributed by atoms with Gasteiger partial charge in [-0.1, -0.05) is 6.58 Å². The molecule has 0 fully saturated rings. The number of ether oxygens (including phenoxy) is 3. The summed E-state index contributed by atoms with van der Waals surface area (Å²) in [4.78, 5) is 9.25. The molecule has 16 heavy (non-hydrogen) atoms. The van der Waals surface area contributed by atoms with Crippen LogP contribution in [0, 0.1) is 0 Å². The van der Waals surface area contributed by atoms with Crippen LogP contribution in [0.3, 0.4) is 0 Å². The molecule has 0 unspecified atom stereocenters. The Hall–Kier alpha value is -0.910. The van der Waals surface area contributed by atoms with E-state index in [1.165, 1.54) is 0 Å². The minimum Gasteiger partial charge on any atom is -0.478 e. The van der Waals surface area contributed by atoms with Crippen LogP contribution in [-0.4, -0.2) is 50.7 Å². The van der Waals surface area contributed by atoms with Crippen molar-refractivity contribution in [1.82, 2.24) is 0 Å². The lowest BCUT2D eigenvalue weighted by molar-refractivity contribution is -0.131. The van der Waals surface area contributed by atoms with Gasteiger partial charge >= 0.3 is 5.97 Å². The van der Waals surface area contributed by atoms with Gasteiger partial charge in [0.25, 0.3) is 0 Å². The number of hydrogen-bond acceptors (Lipinski definition) is 4. The number of carboxylic acids is 1. The normalized spacial score (nSPS) is 9.12. The molecule has 0 saturated heterocycles. The summed E-state index contributed by atoms with van der Waals surface area (Å²) in [5.74, 6) is -0.981. The molecule has 0 aromatic rings. The molecule has 0 aromatic heterocycles. The van der Waals surface area contributed by atoms with E-state index in [9.17, 15) is 4.79 Å². The molecule has 0 radical (unpaired) electrons. The van der Waals surface area contributed by atoms with Crippen molar-refractivity contribution in [3.63, 3.8) is 0 Å². The topological polar surface area (TPSA) is 65.0 Å². The average molecular weight is 234 g/mol. The van der Waals surface area contributed by atoms with Crippen LogP contribution >= 0.6 is 0 Å². The molecular weight excluding hydrogens is 212 g/mol. The van der Waals surface area contributed by atoms with E-state index in [1.807, 2.05) is 13.8 Å². The lowest BCUT2D eigenvalue weighted by Crippen LogP contribution is -2.08. The smallest absolute Gasteiger partial charge is 0.327 e. The molecule has 96 valence electrons. The number of rotatable bonds is 9. The first-order valence-corrected chi connectivity index (χ1v) is 5.27. The van der Waals surface area contributed by atoms with E-state index in [-0.39, 0.29) is 0 Å². The van der Waals surface area contributed by atoms with Gasteiger partial charge in [-0.15, -0.1) is 0 Å². The maximum absolute atomic E-state index is 9.25. The highest BCUT2D eigenvalue weighted by Gasteiger charge is 1.87. The van der Waals surface area contributed by atoms with Gasteiger partial charge in [0.1, 0.15) is 0 Å². The van der Waals surface area contributed by atoms with Crippen molar-refractivity contribution in [2.24, 2.45) is 0 Å². The predicted molar refractivity (Wildman–Crippen MR) is 61.6 cm³/mol. The highest BCUT2D eigenvalue weighted by Crippen LogP contribution is 1.79. The van der Waals surface area contributed by atoms with E-state index in [0.717, 1.165) is 19.3 Å². The molecule has 0 saturated carbocycles. The third kappa shape index (κ3) is 23.2. The van der Waals surface area contributed by atoms with Crippen molar-refractivity contribution in [2.75, 3.05) is 39.6 Å². The molecule has 0 aromatic carbocycles. The summed E-state index contributed by atoms with van der Waals surface area (Å²) < 4.78 is 15.3. The minimum absolute atomic E-state index is 0.668. The summed E-state index contributed by atoms with van der Waals surface area (Å²) in [5.41, 5.74) is 0. The number of aliphatic carboxylic acids is 1. The van der Waals surface area contributed by atoms with Crippen molar-refractivity contribution < 1.29 is 24.1 Å². The van der Waals surface area contributed by atoms with Gasteiger partial charge in [0.05, 0.1) is 26.4 Å². The molecule has 0 bridgehead atoms. The first kappa shape index (κ1) is 17.5. The molecule has 0 aliphatic rings. The first-order valence-electron chi connectivity index (χ1n) is 5.27. The Bertz CT molecular complexity index is 150. The monoisotopic (exact) mass is 234 g/mol. The Morgan fingerprint density at radius 1 is 1.06 bits per heavy atom. The minimum atomic E-state index is -0.981. The van der Waals surface area contributed by atoms with Crippen LogP contribution in [0.2, 0.25) is 0 Å². The average Bonchev–Trinajstić information content (AvgIpc) is 2.29. The van der Waals surface area contributed by atoms with Crippen molar-refractivity contribution in [3.8, 4) is 0 Å². The van der Waals surface area contributed by atoms with Crippen LogP contribution in [0.15, 0.2) is 12.7 Å². The van der Waals surface area contributed by atoms with Crippen LogP contribution in [-0.2, 0) is 19.0 Å². The summed E-state index contributed by atoms with van der Waals surface area (Å²) in [6.07, 6.45) is 0.833. The summed E-state index contributed by atoms with van der Waals surface area (Å²) in [7, 11) is 0. The fraction of sp³-hybridized carbons (Fsp3) is 0.727. The van der Waals surface area contributed by atoms with Crippen LogP contribution < -0.4 is 0 Å². The van der Waals surface area contributed by atoms with E-state index in [1.54, 1.807) is 0 Å². The van der Waals surface area contributed by atoms with Gasteiger partial charge in [-0.05, 0) is 13.8 Å². The molecule has 0 amide bonds. The molecule has 5 nitrogen and oxygen atoms in total. The second-order valence-electron chi connectivity index (χ2n) is 2.55. The molecule has 0 atom stereocenters. The standard InChI is InChI=1S/C8H18O3.C3H4O2/c1-3-9-5-7-11-8-6-10-4-2;1-2-3(4)5/h3-8H2,1-2H3;2H,1H2,(H,4,5). The summed E-state index contributed by atoms with van der Waals surface area (Å²) in [6.45, 7) is 11.1. The maximum Gasteiger partial charge on any atom is 0.327 e. The van der Waals surface area contributed by atoms with Crippen molar-refractivity contribution in [2.45, 2.75) is 13.8 Å². The lowest BCUT2D eigenvalue weighted by Gasteiger charge is -2.03. The molecule has 0 aliphatic heterocycles. The van der Waals surface area contributed by atoms with Gasteiger partial charge in [-0.25, -0.2) is 4.79 Å². The number of hydrogen-bond donors (Lipinski definition) is 1. The van der Waals surface area contributed by atoms with Gasteiger partial charge in [0.15, 0.2) is 0 Å². The maximum atomic E-state index is 9.25. The van der Waals surface area contributed by atoms with Crippen molar-refractivity contribution >= 4 is 5.97 Å². The molecule has 5 heteroatoms. The van der Waals surface area contributed by atoms with Crippen LogP contribution in [0.5, 0.6) is 0 Å². The molecule has 0 rings (SSSR count). The summed E-state index contributed by atoms with van der Waals surface area (Å²) in [5, 5.41) is 7.60. The van der Waals surface area contributed by atoms with Gasteiger partial charge < -0.3 is 19.3 Å². The van der Waals surface area contributed by atoms with Crippen molar-refractivity contribution in [1.29, 1.82) is 0 Å². The van der Waals surface area contributed by atoms with Gasteiger partial charge in [-0.3, -0.25) is 0 Å². The van der Waals surface area contributed by atoms with Gasteiger partial charge in [0, 0.05) is 19.3 Å². The van der Waals surface area contributed by atoms with Crippen LogP contribution in [0.1, 0.15) is 13.8 Å². The Morgan fingerprint density at radius 3 is 1.62 bits per heavy atom. The van der Waals surface area contributed by atoms with E-state index < -0.39 is 5.97 Å². The number of carbonyl (C=O) groups is 1. The largest absolute Gasteiger partial charge is 0.478 e. The van der Waals surface area contributed by atoms with E-state index in [2.05, 4.69) is 6.58 Å². The highest BCUT2D eigenvalue weighted by molar-refractivity contribution is 5.78. The first-order chi connectivity index (χ1) is 7.68. The third-order valence-corrected chi connectivity index (χ3v) is 1.33. The van der Waals surface area contributed by atoms with E-state index in [0.29, 0.717) is 26.4 Å². The zero-order chi connectivity index (χ0) is 12.6. The van der Waals surface area contributed by atoms with Gasteiger partial charge in [0.2, 0.25) is 0 Å². The SMILES string of the molecule is C=CC(=O)O.CCOCCOCCOCC. The third-order valence-electron chi connectivity index (χ3n) is 1.33. The Labute approximate surface area is 97.0 Å². The summed E-state index contributed by atoms with van der Waals surface area (Å²) >= 11 is 0. The fourth-order valence-electron chi connectivity index (χ4n) is 0.626.